The number of thiocarbonyl (C=S) groups is 1. The topological polar surface area (TPSA) is 75.7 Å². The van der Waals surface area contributed by atoms with Gasteiger partial charge in [0.1, 0.15) is 4.32 Å². The average Bonchev–Trinajstić information content (AvgIpc) is 3.07. The van der Waals surface area contributed by atoms with Gasteiger partial charge in [0.15, 0.2) is 0 Å². The minimum atomic E-state index is -0.382. The van der Waals surface area contributed by atoms with Gasteiger partial charge in [-0.2, -0.15) is 0 Å². The smallest absolute Gasteiger partial charge is 0.338 e. The number of carbonyl (C=O) groups is 3. The predicted octanol–water partition coefficient (Wildman–Crippen LogP) is 5.26. The van der Waals surface area contributed by atoms with Crippen LogP contribution in [0.2, 0.25) is 0 Å². The highest BCUT2D eigenvalue weighted by Crippen LogP contribution is 2.32. The number of anilines is 1. The van der Waals surface area contributed by atoms with E-state index < -0.39 is 0 Å². The maximum absolute atomic E-state index is 12.7. The number of hydrogen-bond donors (Lipinski definition) is 1. The Balaban J connectivity index is 1.37. The lowest BCUT2D eigenvalue weighted by Crippen LogP contribution is -2.29. The van der Waals surface area contributed by atoms with E-state index in [1.165, 1.54) is 11.8 Å². The molecule has 1 N–H and O–H groups in total. The van der Waals surface area contributed by atoms with Crippen molar-refractivity contribution < 1.29 is 19.1 Å². The number of ether oxygens (including phenoxy) is 1. The fourth-order valence-corrected chi connectivity index (χ4v) is 4.56. The first kappa shape index (κ1) is 24.7. The molecule has 0 spiro atoms. The molecule has 2 aromatic carbocycles. The molecule has 1 saturated heterocycles. The summed E-state index contributed by atoms with van der Waals surface area (Å²) in [6.45, 7) is 2.62. The van der Waals surface area contributed by atoms with Crippen LogP contribution in [0.4, 0.5) is 5.69 Å². The highest BCUT2D eigenvalue weighted by Gasteiger charge is 2.31. The van der Waals surface area contributed by atoms with Crippen LogP contribution in [-0.2, 0) is 14.3 Å². The summed E-state index contributed by atoms with van der Waals surface area (Å²) in [5.74, 6) is -0.527. The van der Waals surface area contributed by atoms with Gasteiger partial charge in [-0.1, -0.05) is 60.7 Å². The van der Waals surface area contributed by atoms with Gasteiger partial charge in [-0.05, 0) is 55.7 Å². The lowest BCUT2D eigenvalue weighted by molar-refractivity contribution is -0.122. The first-order valence-corrected chi connectivity index (χ1v) is 12.1. The predicted molar refractivity (Wildman–Crippen MR) is 136 cm³/mol. The molecule has 0 aromatic heterocycles. The molecule has 0 aliphatic carbocycles. The first-order chi connectivity index (χ1) is 16.0. The normalized spacial score (nSPS) is 14.6. The fourth-order valence-electron chi connectivity index (χ4n) is 3.25. The van der Waals surface area contributed by atoms with Gasteiger partial charge in [0.25, 0.3) is 5.91 Å². The average molecular weight is 483 g/mol. The van der Waals surface area contributed by atoms with Gasteiger partial charge in [-0.15, -0.1) is 0 Å². The van der Waals surface area contributed by atoms with Crippen LogP contribution in [-0.4, -0.2) is 40.2 Å². The van der Waals surface area contributed by atoms with Crippen molar-refractivity contribution in [1.82, 2.24) is 4.90 Å². The maximum atomic E-state index is 12.7. The molecule has 1 fully saturated rings. The molecule has 3 rings (SSSR count). The van der Waals surface area contributed by atoms with E-state index in [1.54, 1.807) is 36.1 Å². The Kier molecular flexibility index (Phi) is 9.21. The van der Waals surface area contributed by atoms with E-state index in [0.29, 0.717) is 46.5 Å². The summed E-state index contributed by atoms with van der Waals surface area (Å²) in [5.41, 5.74) is 2.06. The third-order valence-electron chi connectivity index (χ3n) is 4.94. The largest absolute Gasteiger partial charge is 0.462 e. The zero-order valence-electron chi connectivity index (χ0n) is 18.4. The molecule has 0 radical (unpaired) electrons. The molecule has 1 aliphatic heterocycles. The summed E-state index contributed by atoms with van der Waals surface area (Å²) in [6, 6.07) is 16.3. The van der Waals surface area contributed by atoms with Crippen LogP contribution in [0.5, 0.6) is 0 Å². The summed E-state index contributed by atoms with van der Waals surface area (Å²) >= 11 is 6.71. The molecule has 1 aliphatic rings. The molecule has 172 valence electrons. The summed E-state index contributed by atoms with van der Waals surface area (Å²) in [7, 11) is 0. The van der Waals surface area contributed by atoms with Crippen LogP contribution in [0, 0.1) is 0 Å². The second-order valence-corrected chi connectivity index (χ2v) is 9.08. The van der Waals surface area contributed by atoms with Crippen LogP contribution < -0.4 is 5.32 Å². The van der Waals surface area contributed by atoms with Crippen LogP contribution in [0.15, 0.2) is 59.5 Å². The lowest BCUT2D eigenvalue weighted by Gasteiger charge is -2.14. The van der Waals surface area contributed by atoms with E-state index >= 15 is 0 Å². The first-order valence-electron chi connectivity index (χ1n) is 10.9. The van der Waals surface area contributed by atoms with E-state index in [2.05, 4.69) is 5.32 Å². The Morgan fingerprint density at radius 1 is 1.06 bits per heavy atom. The van der Waals surface area contributed by atoms with Crippen molar-refractivity contribution in [3.05, 3.63) is 70.6 Å². The van der Waals surface area contributed by atoms with Gasteiger partial charge in [0.2, 0.25) is 5.91 Å². The summed E-state index contributed by atoms with van der Waals surface area (Å²) in [6.07, 6.45) is 4.53. The molecular formula is C25H26N2O4S2. The summed E-state index contributed by atoms with van der Waals surface area (Å²) in [5, 5.41) is 2.83. The molecule has 6 nitrogen and oxygen atoms in total. The van der Waals surface area contributed by atoms with Crippen LogP contribution in [0.25, 0.3) is 6.08 Å². The molecule has 2 amide bonds. The van der Waals surface area contributed by atoms with Crippen molar-refractivity contribution in [2.45, 2.75) is 32.6 Å². The highest BCUT2D eigenvalue weighted by molar-refractivity contribution is 8.26. The highest BCUT2D eigenvalue weighted by atomic mass is 32.2. The standard InChI is InChI=1S/C25H26N2O4S2/c1-2-31-24(30)19-12-14-20(15-13-19)26-22(28)11-7-4-8-16-27-23(29)21(33-25(27)32)17-18-9-5-3-6-10-18/h3,5-6,9-10,12-15,17H,2,4,7-8,11,16H2,1H3,(H,26,28). The second-order valence-electron chi connectivity index (χ2n) is 7.40. The quantitative estimate of drug-likeness (QED) is 0.215. The van der Waals surface area contributed by atoms with Gasteiger partial charge < -0.3 is 10.1 Å². The Labute approximate surface area is 203 Å². The Morgan fingerprint density at radius 2 is 1.79 bits per heavy atom. The number of unbranched alkanes of at least 4 members (excludes halogenated alkanes) is 2. The van der Waals surface area contributed by atoms with E-state index in [1.807, 2.05) is 36.4 Å². The zero-order chi connectivity index (χ0) is 23.6. The van der Waals surface area contributed by atoms with Crippen LogP contribution in [0.3, 0.4) is 0 Å². The fraction of sp³-hybridized carbons (Fsp3) is 0.280. The molecule has 0 bridgehead atoms. The monoisotopic (exact) mass is 482 g/mol. The van der Waals surface area contributed by atoms with Gasteiger partial charge in [-0.25, -0.2) is 4.79 Å². The number of nitrogens with one attached hydrogen (secondary N) is 1. The zero-order valence-corrected chi connectivity index (χ0v) is 20.0. The van der Waals surface area contributed by atoms with E-state index in [-0.39, 0.29) is 17.8 Å². The molecule has 0 unspecified atom stereocenters. The third-order valence-corrected chi connectivity index (χ3v) is 6.31. The molecule has 33 heavy (non-hydrogen) atoms. The Morgan fingerprint density at radius 3 is 2.48 bits per heavy atom. The van der Waals surface area contributed by atoms with Gasteiger partial charge >= 0.3 is 5.97 Å². The van der Waals surface area contributed by atoms with Gasteiger partial charge in [0, 0.05) is 18.7 Å². The number of rotatable bonds is 10. The Bertz CT molecular complexity index is 1040. The number of esters is 1. The van der Waals surface area contributed by atoms with Crippen molar-refractivity contribution in [3.8, 4) is 0 Å². The summed E-state index contributed by atoms with van der Waals surface area (Å²) in [4.78, 5) is 38.8. The van der Waals surface area contributed by atoms with Crippen molar-refractivity contribution in [1.29, 1.82) is 0 Å². The second kappa shape index (κ2) is 12.3. The molecule has 0 atom stereocenters. The van der Waals surface area contributed by atoms with Crippen LogP contribution >= 0.6 is 24.0 Å². The third kappa shape index (κ3) is 7.27. The van der Waals surface area contributed by atoms with E-state index in [4.69, 9.17) is 17.0 Å². The van der Waals surface area contributed by atoms with E-state index in [9.17, 15) is 14.4 Å². The molecule has 1 heterocycles. The maximum Gasteiger partial charge on any atom is 0.338 e. The molecule has 2 aromatic rings. The van der Waals surface area contributed by atoms with Crippen molar-refractivity contribution in [3.63, 3.8) is 0 Å². The van der Waals surface area contributed by atoms with Crippen LogP contribution in [0.1, 0.15) is 48.5 Å². The number of carbonyl (C=O) groups excluding carboxylic acids is 3. The lowest BCUT2D eigenvalue weighted by atomic mass is 10.1. The van der Waals surface area contributed by atoms with Crippen molar-refractivity contribution in [2.24, 2.45) is 0 Å². The Hall–Kier alpha value is -2.97. The number of hydrogen-bond acceptors (Lipinski definition) is 6. The number of benzene rings is 2. The molecular weight excluding hydrogens is 456 g/mol. The SMILES string of the molecule is CCOC(=O)c1ccc(NC(=O)CCCCCN2C(=O)C(=Cc3ccccc3)SC2=S)cc1. The van der Waals surface area contributed by atoms with E-state index in [0.717, 1.165) is 18.4 Å². The van der Waals surface area contributed by atoms with Crippen molar-refractivity contribution in [2.75, 3.05) is 18.5 Å². The van der Waals surface area contributed by atoms with Gasteiger partial charge in [0.05, 0.1) is 17.1 Å². The van der Waals surface area contributed by atoms with Crippen molar-refractivity contribution >= 4 is 57.8 Å². The summed E-state index contributed by atoms with van der Waals surface area (Å²) < 4.78 is 5.52. The minimum absolute atomic E-state index is 0.0575. The number of nitrogens with zero attached hydrogens (tertiary/aromatic N) is 1. The molecule has 8 heteroatoms. The van der Waals surface area contributed by atoms with Gasteiger partial charge in [-0.3, -0.25) is 14.5 Å². The number of thioether (sulfide) groups is 1. The number of amides is 2. The molecule has 0 saturated carbocycles. The minimum Gasteiger partial charge on any atom is -0.462 e.